The number of pyridine rings is 18. The van der Waals surface area contributed by atoms with Crippen molar-refractivity contribution < 1.29 is 65.7 Å². The molecule has 0 aromatic carbocycles. The Bertz CT molecular complexity index is 7810. The molecule has 0 fully saturated rings. The van der Waals surface area contributed by atoms with E-state index < -0.39 is 74.5 Å². The third-order valence-corrected chi connectivity index (χ3v) is 21.5. The lowest BCUT2D eigenvalue weighted by atomic mass is 9.87. The zero-order chi connectivity index (χ0) is 91.0. The van der Waals surface area contributed by atoms with Crippen molar-refractivity contribution in [3.8, 4) is 243 Å². The second kappa shape index (κ2) is 35.2. The summed E-state index contributed by atoms with van der Waals surface area (Å²) >= 11 is 0. The van der Waals surface area contributed by atoms with Gasteiger partial charge in [-0.1, -0.05) is 0 Å². The lowest BCUT2D eigenvalue weighted by molar-refractivity contribution is 0.395. The average molecular weight is 1760 g/mol. The molecule has 0 spiro atoms. The van der Waals surface area contributed by atoms with Crippen LogP contribution in [0.2, 0.25) is 0 Å². The third-order valence-electron chi connectivity index (χ3n) is 21.5. The number of methoxy groups -OCH3 is 6. The molecular formula is C96H63F5N18O12. The van der Waals surface area contributed by atoms with Gasteiger partial charge in [0, 0.05) is 181 Å². The number of halogens is 5. The second-order valence-corrected chi connectivity index (χ2v) is 28.7. The zero-order valence-electron chi connectivity index (χ0n) is 69.1. The Hall–Kier alpha value is -18.1. The predicted molar refractivity (Wildman–Crippen MR) is 472 cm³/mol. The van der Waals surface area contributed by atoms with Gasteiger partial charge in [0.25, 0.3) is 5.56 Å². The van der Waals surface area contributed by atoms with Gasteiger partial charge in [-0.05, 0) is 133 Å². The number of aromatic nitrogens is 18. The molecule has 0 aliphatic carbocycles. The zero-order valence-corrected chi connectivity index (χ0v) is 69.1. The number of hydrogen-bond donors (Lipinski definition) is 6. The molecule has 0 aliphatic heterocycles. The minimum absolute atomic E-state index is 0.0133. The summed E-state index contributed by atoms with van der Waals surface area (Å²) in [5, 5.41) is 36.2. The van der Waals surface area contributed by atoms with Crippen molar-refractivity contribution in [3.63, 3.8) is 0 Å². The fraction of sp³-hybridized carbons (Fsp3) is 0.0625. The lowest BCUT2D eigenvalue weighted by Crippen LogP contribution is -2.14. The summed E-state index contributed by atoms with van der Waals surface area (Å²) in [7, 11) is 8.33. The normalized spacial score (nSPS) is 11.2. The van der Waals surface area contributed by atoms with Crippen molar-refractivity contribution in [2.45, 2.75) is 0 Å². The molecule has 18 heterocycles. The quantitative estimate of drug-likeness (QED) is 0.0256. The molecule has 18 rings (SSSR count). The van der Waals surface area contributed by atoms with E-state index in [2.05, 4.69) is 54.8 Å². The number of aromatic hydroxyl groups is 3. The van der Waals surface area contributed by atoms with Crippen molar-refractivity contribution in [2.24, 2.45) is 0 Å². The summed E-state index contributed by atoms with van der Waals surface area (Å²) in [4.78, 5) is 119. The Morgan fingerprint density at radius 3 is 1.67 bits per heavy atom. The summed E-state index contributed by atoms with van der Waals surface area (Å²) in [6.45, 7) is 0. The van der Waals surface area contributed by atoms with Crippen LogP contribution in [0.1, 0.15) is 0 Å². The molecular weight excluding hydrogens is 1690 g/mol. The number of H-pyrrole nitrogens is 3. The number of nitrogens with zero attached hydrogens (tertiary/aromatic N) is 15. The van der Waals surface area contributed by atoms with Gasteiger partial charge in [-0.25, -0.2) is 48.7 Å². The molecule has 18 aromatic heterocycles. The summed E-state index contributed by atoms with van der Waals surface area (Å²) in [6.07, 6.45) is 17.1. The van der Waals surface area contributed by atoms with Crippen molar-refractivity contribution in [3.05, 3.63) is 299 Å². The van der Waals surface area contributed by atoms with Crippen molar-refractivity contribution in [1.82, 2.24) is 89.7 Å². The average Bonchev–Trinajstić information content (AvgIpc) is 0.745. The van der Waals surface area contributed by atoms with Crippen LogP contribution < -0.4 is 45.1 Å². The Kier molecular flexibility index (Phi) is 22.5. The maximum Gasteiger partial charge on any atom is 0.256 e. The van der Waals surface area contributed by atoms with E-state index in [0.717, 1.165) is 36.8 Å². The molecule has 35 heteroatoms. The Morgan fingerprint density at radius 1 is 0.328 bits per heavy atom. The van der Waals surface area contributed by atoms with Crippen LogP contribution in [0.25, 0.3) is 191 Å². The van der Waals surface area contributed by atoms with Gasteiger partial charge in [-0.3, -0.25) is 49.3 Å². The van der Waals surface area contributed by atoms with E-state index in [4.69, 9.17) is 63.3 Å². The minimum Gasteiger partial charge on any atom is -0.507 e. The topological polar surface area (TPSA) is 408 Å². The van der Waals surface area contributed by atoms with Crippen LogP contribution in [-0.2, 0) is 0 Å². The van der Waals surface area contributed by atoms with E-state index in [0.29, 0.717) is 11.1 Å². The van der Waals surface area contributed by atoms with Crippen molar-refractivity contribution in [2.75, 3.05) is 42.7 Å². The van der Waals surface area contributed by atoms with E-state index in [9.17, 15) is 29.3 Å². The highest BCUT2D eigenvalue weighted by Crippen LogP contribution is 2.54. The van der Waals surface area contributed by atoms with Gasteiger partial charge in [0.1, 0.15) is 57.3 Å². The molecule has 131 heavy (non-hydrogen) atoms. The maximum absolute atomic E-state index is 18.7. The summed E-state index contributed by atoms with van der Waals surface area (Å²) < 4.78 is 117. The molecule has 644 valence electrons. The van der Waals surface area contributed by atoms with Crippen LogP contribution >= 0.6 is 0 Å². The molecule has 0 aliphatic rings. The fourth-order valence-corrected chi connectivity index (χ4v) is 15.7. The monoisotopic (exact) mass is 1750 g/mol. The number of rotatable bonds is 23. The number of hydrogen-bond acceptors (Lipinski definition) is 27. The highest BCUT2D eigenvalue weighted by molar-refractivity contribution is 6.05. The maximum atomic E-state index is 18.7. The van der Waals surface area contributed by atoms with Crippen LogP contribution in [0, 0.1) is 29.5 Å². The third kappa shape index (κ3) is 15.5. The van der Waals surface area contributed by atoms with Gasteiger partial charge in [-0.2, -0.15) is 13.2 Å². The van der Waals surface area contributed by atoms with E-state index >= 15 is 22.4 Å². The first-order valence-electron chi connectivity index (χ1n) is 39.4. The van der Waals surface area contributed by atoms with Gasteiger partial charge in [-0.15, -0.1) is 0 Å². The molecule has 0 amide bonds. The minimum atomic E-state index is -1.24. The van der Waals surface area contributed by atoms with Gasteiger partial charge < -0.3 is 58.7 Å². The molecule has 18 aromatic rings. The molecule has 30 nitrogen and oxygen atoms in total. The first-order valence-corrected chi connectivity index (χ1v) is 39.4. The molecule has 6 N–H and O–H groups in total. The Labute approximate surface area is 736 Å². The summed E-state index contributed by atoms with van der Waals surface area (Å²) in [5.41, 5.74) is -1.51. The predicted octanol–water partition coefficient (Wildman–Crippen LogP) is 16.9. The van der Waals surface area contributed by atoms with E-state index in [-0.39, 0.29) is 204 Å². The number of aromatic amines is 3. The van der Waals surface area contributed by atoms with Gasteiger partial charge in [0.05, 0.1) is 128 Å². The van der Waals surface area contributed by atoms with E-state index in [1.807, 2.05) is 0 Å². The summed E-state index contributed by atoms with van der Waals surface area (Å²) in [5.74, 6) is -6.05. The molecule has 0 saturated carbocycles. The molecule has 0 radical (unpaired) electrons. The molecule has 0 atom stereocenters. The van der Waals surface area contributed by atoms with Crippen LogP contribution in [0.15, 0.2) is 253 Å². The number of nitrogens with one attached hydrogen (secondary N) is 3. The number of ether oxygens (including phenoxy) is 6. The summed E-state index contributed by atoms with van der Waals surface area (Å²) in [6, 6.07) is 36.9. The first kappa shape index (κ1) is 83.8. The van der Waals surface area contributed by atoms with Crippen LogP contribution in [-0.4, -0.2) is 148 Å². The van der Waals surface area contributed by atoms with E-state index in [1.165, 1.54) is 177 Å². The first-order chi connectivity index (χ1) is 63.8. The SMILES string of the molecule is COc1cnc(-c2ccnc(OC)c2-c2cc[nH]c(=O)c2-c2ccc(=O)[nH]c2-c2c(O)ccnc2-c2nccc(-c3nc(-c4ncccc4O)ccc3-c3ccc(=O)[nH]c3)c2O)c(-c2nccc(OC)c2-c2ccnc(OC)c2-c2nc(OC)ccc2-c2ccc(OC)nc2-c2nccc(-c3c(-c4nc(F)ccc4-c4ncc(F)cc4-c4ccc(F)nc4)ccnc3F)c2F)c1. The van der Waals surface area contributed by atoms with Crippen LogP contribution in [0.3, 0.4) is 0 Å². The standard InChI is InChI=1S/C96H63F5N18O12/c1-126-49-41-62(80(114-45-49)58-27-37-109-95(130-5)75(58)53-23-35-108-94(125)74(53)56-13-20-70(123)117-86(56)78-64(120)29-38-104-89(78)91-92(124)60(28-33-106-91)82-50(46-10-19-69(122)112-43-46)11-16-63(115-82)88-65(121)8-7-31-102-88)84-76(66(127-2)30-39-103-84)54-24-36-110-96(131-6)77(54)85-51(14-21-71(118-85)128-3)52-15-22-72(129-4)119-87(52)90-79(100)55(25-32-105-90)73-57(26-34-107-93(73)101)83-59(12-18-68(99)116-83)81-61(40-48(97)44-113-81)47-9-17-67(98)111-42-47/h7-45,121,124H,1-6H3,(H,104,120)(H,108,125)(H,112,122)(H,117,123). The Morgan fingerprint density at radius 2 is 0.939 bits per heavy atom. The van der Waals surface area contributed by atoms with Crippen LogP contribution in [0.4, 0.5) is 22.0 Å². The second-order valence-electron chi connectivity index (χ2n) is 28.7. The molecule has 0 saturated heterocycles. The molecule has 0 bridgehead atoms. The highest BCUT2D eigenvalue weighted by atomic mass is 19.1. The highest BCUT2D eigenvalue weighted by Gasteiger charge is 2.35. The van der Waals surface area contributed by atoms with E-state index in [1.54, 1.807) is 66.7 Å². The lowest BCUT2D eigenvalue weighted by Gasteiger charge is -2.22. The largest absolute Gasteiger partial charge is 0.507 e. The van der Waals surface area contributed by atoms with Crippen molar-refractivity contribution in [1.29, 1.82) is 0 Å². The molecule has 0 unspecified atom stereocenters. The van der Waals surface area contributed by atoms with Gasteiger partial charge >= 0.3 is 0 Å². The fourth-order valence-electron chi connectivity index (χ4n) is 15.7. The smallest absolute Gasteiger partial charge is 0.256 e. The Balaban J connectivity index is 0.785. The van der Waals surface area contributed by atoms with Gasteiger partial charge in [0.2, 0.25) is 52.5 Å². The van der Waals surface area contributed by atoms with Gasteiger partial charge in [0.15, 0.2) is 11.6 Å². The van der Waals surface area contributed by atoms with Crippen molar-refractivity contribution >= 4 is 0 Å². The van der Waals surface area contributed by atoms with Crippen LogP contribution in [0.5, 0.6) is 52.3 Å².